The molecule has 0 saturated carbocycles. The second kappa shape index (κ2) is 4.36. The maximum Gasteiger partial charge on any atom is 0.139 e. The minimum absolute atomic E-state index is 0.173. The molecule has 0 spiro atoms. The maximum absolute atomic E-state index is 13.5. The molecule has 1 aromatic rings. The third-order valence-electron chi connectivity index (χ3n) is 3.43. The lowest BCUT2D eigenvalue weighted by Gasteiger charge is -2.44. The zero-order valence-corrected chi connectivity index (χ0v) is 11.5. The first kappa shape index (κ1) is 11.9. The first-order valence-corrected chi connectivity index (χ1v) is 6.49. The van der Waals surface area contributed by atoms with Crippen LogP contribution in [0.5, 0.6) is 0 Å². The van der Waals surface area contributed by atoms with Gasteiger partial charge in [0.05, 0.1) is 4.47 Å². The van der Waals surface area contributed by atoms with E-state index in [2.05, 4.69) is 34.7 Å². The number of anilines is 1. The van der Waals surface area contributed by atoms with Crippen molar-refractivity contribution in [3.63, 3.8) is 0 Å². The van der Waals surface area contributed by atoms with Gasteiger partial charge in [0.15, 0.2) is 0 Å². The Balaban J connectivity index is 2.15. The molecule has 2 rings (SSSR count). The van der Waals surface area contributed by atoms with Crippen LogP contribution in [0.1, 0.15) is 19.4 Å². The predicted molar refractivity (Wildman–Crippen MR) is 69.4 cm³/mol. The van der Waals surface area contributed by atoms with E-state index in [1.807, 2.05) is 13.0 Å². The van der Waals surface area contributed by atoms with Crippen LogP contribution in [-0.4, -0.2) is 13.1 Å². The Morgan fingerprint density at radius 3 is 2.56 bits per heavy atom. The highest BCUT2D eigenvalue weighted by molar-refractivity contribution is 9.10. The number of rotatable bonds is 2. The van der Waals surface area contributed by atoms with Crippen LogP contribution in [0.4, 0.5) is 10.1 Å². The van der Waals surface area contributed by atoms with E-state index in [-0.39, 0.29) is 5.82 Å². The molecule has 0 bridgehead atoms. The first-order valence-electron chi connectivity index (χ1n) is 5.69. The molecule has 0 aromatic heterocycles. The van der Waals surface area contributed by atoms with E-state index in [0.717, 1.165) is 36.2 Å². The van der Waals surface area contributed by atoms with Crippen LogP contribution in [0.25, 0.3) is 0 Å². The summed E-state index contributed by atoms with van der Waals surface area (Å²) in [6.45, 7) is 8.63. The molecule has 1 fully saturated rings. The fraction of sp³-hybridized carbons (Fsp3) is 0.538. The quantitative estimate of drug-likeness (QED) is 0.794. The Labute approximate surface area is 105 Å². The highest BCUT2D eigenvalue weighted by Gasteiger charge is 2.30. The Bertz CT molecular complexity index is 397. The number of aryl methyl sites for hydroxylation is 1. The molecule has 88 valence electrons. The van der Waals surface area contributed by atoms with E-state index in [4.69, 9.17) is 0 Å². The summed E-state index contributed by atoms with van der Waals surface area (Å²) in [6, 6.07) is 3.49. The van der Waals surface area contributed by atoms with Gasteiger partial charge in [-0.05, 0) is 52.4 Å². The molecule has 1 saturated heterocycles. The standard InChI is InChI=1S/C13H17BrFN/c1-8(2)10-6-16(7-10)13-5-12(15)11(14)4-9(13)3/h4-5,8,10H,6-7H2,1-3H3. The van der Waals surface area contributed by atoms with Gasteiger partial charge in [-0.15, -0.1) is 0 Å². The van der Waals surface area contributed by atoms with Gasteiger partial charge in [-0.1, -0.05) is 13.8 Å². The van der Waals surface area contributed by atoms with Crippen molar-refractivity contribution >= 4 is 21.6 Å². The number of hydrogen-bond acceptors (Lipinski definition) is 1. The van der Waals surface area contributed by atoms with Crippen LogP contribution in [0.15, 0.2) is 16.6 Å². The zero-order valence-electron chi connectivity index (χ0n) is 9.93. The molecule has 0 atom stereocenters. The van der Waals surface area contributed by atoms with Crippen molar-refractivity contribution in [1.29, 1.82) is 0 Å². The molecule has 0 N–H and O–H groups in total. The number of nitrogens with zero attached hydrogens (tertiary/aromatic N) is 1. The molecule has 0 aliphatic carbocycles. The largest absolute Gasteiger partial charge is 0.371 e. The topological polar surface area (TPSA) is 3.24 Å². The van der Waals surface area contributed by atoms with E-state index in [9.17, 15) is 4.39 Å². The Hall–Kier alpha value is -0.570. The van der Waals surface area contributed by atoms with Gasteiger partial charge in [-0.2, -0.15) is 0 Å². The highest BCUT2D eigenvalue weighted by Crippen LogP contribution is 2.33. The fourth-order valence-electron chi connectivity index (χ4n) is 2.11. The van der Waals surface area contributed by atoms with Gasteiger partial charge in [0.25, 0.3) is 0 Å². The van der Waals surface area contributed by atoms with Crippen LogP contribution >= 0.6 is 15.9 Å². The van der Waals surface area contributed by atoms with Gasteiger partial charge >= 0.3 is 0 Å². The Morgan fingerprint density at radius 2 is 2.00 bits per heavy atom. The lowest BCUT2D eigenvalue weighted by Crippen LogP contribution is -2.49. The van der Waals surface area contributed by atoms with Crippen molar-refractivity contribution in [2.45, 2.75) is 20.8 Å². The summed E-state index contributed by atoms with van der Waals surface area (Å²) < 4.78 is 14.0. The molecule has 1 heterocycles. The Morgan fingerprint density at radius 1 is 1.38 bits per heavy atom. The number of hydrogen-bond donors (Lipinski definition) is 0. The lowest BCUT2D eigenvalue weighted by atomic mass is 9.87. The first-order chi connectivity index (χ1) is 7.49. The number of halogens is 2. The van der Waals surface area contributed by atoms with Gasteiger partial charge < -0.3 is 4.90 Å². The van der Waals surface area contributed by atoms with E-state index in [1.165, 1.54) is 0 Å². The maximum atomic E-state index is 13.5. The van der Waals surface area contributed by atoms with Crippen LogP contribution in [0.2, 0.25) is 0 Å². The average molecular weight is 286 g/mol. The van der Waals surface area contributed by atoms with Crippen LogP contribution < -0.4 is 4.90 Å². The van der Waals surface area contributed by atoms with E-state index < -0.39 is 0 Å². The van der Waals surface area contributed by atoms with Gasteiger partial charge in [-0.3, -0.25) is 0 Å². The molecule has 0 radical (unpaired) electrons. The van der Waals surface area contributed by atoms with Crippen molar-refractivity contribution in [1.82, 2.24) is 0 Å². The van der Waals surface area contributed by atoms with Crippen LogP contribution in [-0.2, 0) is 0 Å². The zero-order chi connectivity index (χ0) is 11.9. The number of benzene rings is 1. The van der Waals surface area contributed by atoms with E-state index >= 15 is 0 Å². The summed E-state index contributed by atoms with van der Waals surface area (Å²) in [5.41, 5.74) is 2.17. The average Bonchev–Trinajstić information content (AvgIpc) is 2.10. The minimum Gasteiger partial charge on any atom is -0.371 e. The second-order valence-corrected chi connectivity index (χ2v) is 5.82. The van der Waals surface area contributed by atoms with Crippen molar-refractivity contribution in [2.24, 2.45) is 11.8 Å². The summed E-state index contributed by atoms with van der Waals surface area (Å²) in [5.74, 6) is 1.30. The second-order valence-electron chi connectivity index (χ2n) is 4.96. The minimum atomic E-state index is -0.173. The fourth-order valence-corrected chi connectivity index (χ4v) is 2.57. The van der Waals surface area contributed by atoms with Gasteiger partial charge in [0.2, 0.25) is 0 Å². The third kappa shape index (κ3) is 2.10. The smallest absolute Gasteiger partial charge is 0.139 e. The van der Waals surface area contributed by atoms with Crippen molar-refractivity contribution in [2.75, 3.05) is 18.0 Å². The van der Waals surface area contributed by atoms with Crippen molar-refractivity contribution < 1.29 is 4.39 Å². The molecule has 1 aliphatic rings. The van der Waals surface area contributed by atoms with E-state index in [0.29, 0.717) is 4.47 Å². The molecule has 1 nitrogen and oxygen atoms in total. The predicted octanol–water partition coefficient (Wildman–Crippen LogP) is 3.99. The monoisotopic (exact) mass is 285 g/mol. The van der Waals surface area contributed by atoms with Crippen molar-refractivity contribution in [3.8, 4) is 0 Å². The normalized spacial score (nSPS) is 16.8. The molecule has 3 heteroatoms. The molecular formula is C13H17BrFN. The molecule has 1 aromatic carbocycles. The summed E-state index contributed by atoms with van der Waals surface area (Å²) in [4.78, 5) is 2.26. The van der Waals surface area contributed by atoms with Gasteiger partial charge in [0, 0.05) is 18.8 Å². The summed E-state index contributed by atoms with van der Waals surface area (Å²) in [7, 11) is 0. The summed E-state index contributed by atoms with van der Waals surface area (Å²) >= 11 is 3.21. The summed E-state index contributed by atoms with van der Waals surface area (Å²) in [6.07, 6.45) is 0. The van der Waals surface area contributed by atoms with Crippen LogP contribution in [0.3, 0.4) is 0 Å². The third-order valence-corrected chi connectivity index (χ3v) is 4.04. The molecule has 0 unspecified atom stereocenters. The summed E-state index contributed by atoms with van der Waals surface area (Å²) in [5, 5.41) is 0. The molecule has 1 aliphatic heterocycles. The van der Waals surface area contributed by atoms with Gasteiger partial charge in [0.1, 0.15) is 5.82 Å². The lowest BCUT2D eigenvalue weighted by molar-refractivity contribution is 0.309. The SMILES string of the molecule is Cc1cc(Br)c(F)cc1N1CC(C(C)C)C1. The Kier molecular flexibility index (Phi) is 3.24. The molecule has 16 heavy (non-hydrogen) atoms. The highest BCUT2D eigenvalue weighted by atomic mass is 79.9. The molecule has 0 amide bonds. The van der Waals surface area contributed by atoms with Crippen molar-refractivity contribution in [3.05, 3.63) is 28.0 Å². The van der Waals surface area contributed by atoms with E-state index in [1.54, 1.807) is 6.07 Å². The van der Waals surface area contributed by atoms with Gasteiger partial charge in [-0.25, -0.2) is 4.39 Å². The van der Waals surface area contributed by atoms with Crippen LogP contribution in [0, 0.1) is 24.6 Å². The molecular weight excluding hydrogens is 269 g/mol.